The Morgan fingerprint density at radius 3 is 2.10 bits per heavy atom. The molecule has 0 spiro atoms. The van der Waals surface area contributed by atoms with Gasteiger partial charge in [0.25, 0.3) is 0 Å². The van der Waals surface area contributed by atoms with Crippen LogP contribution < -0.4 is 9.08 Å². The van der Waals surface area contributed by atoms with Crippen LogP contribution in [0.1, 0.15) is 74.6 Å². The fourth-order valence-corrected chi connectivity index (χ4v) is 13.3. The predicted molar refractivity (Wildman–Crippen MR) is 289 cm³/mol. The van der Waals surface area contributed by atoms with Crippen molar-refractivity contribution in [1.29, 1.82) is 0 Å². The molecule has 12 rings (SSSR count). The van der Waals surface area contributed by atoms with Crippen molar-refractivity contribution in [3.63, 3.8) is 0 Å². The highest BCUT2D eigenvalue weighted by molar-refractivity contribution is 8.07. The molecule has 69 heavy (non-hydrogen) atoms. The van der Waals surface area contributed by atoms with Gasteiger partial charge in [0.2, 0.25) is 0 Å². The molecule has 0 bridgehead atoms. The number of allylic oxidation sites excluding steroid dienone is 5. The third-order valence-corrected chi connectivity index (χ3v) is 17.6. The summed E-state index contributed by atoms with van der Waals surface area (Å²) in [5.74, 6) is -0.410. The summed E-state index contributed by atoms with van der Waals surface area (Å²) in [5.41, 5.74) is 4.75. The predicted octanol–water partition coefficient (Wildman–Crippen LogP) is 18.5. The molecule has 9 aromatic rings. The summed E-state index contributed by atoms with van der Waals surface area (Å²) in [6.07, 6.45) is 7.90. The lowest BCUT2D eigenvalue weighted by atomic mass is 9.90. The highest BCUT2D eigenvalue weighted by atomic mass is 32.2. The topological polar surface area (TPSA) is 46.6 Å². The Bertz CT molecular complexity index is 3680. The maximum atomic E-state index is 13.8. The van der Waals surface area contributed by atoms with Gasteiger partial charge in [0.15, 0.2) is 0 Å². The van der Waals surface area contributed by atoms with Crippen LogP contribution in [0.25, 0.3) is 63.8 Å². The van der Waals surface area contributed by atoms with E-state index in [9.17, 15) is 21.6 Å². The Labute approximate surface area is 413 Å². The van der Waals surface area contributed by atoms with E-state index in [1.807, 2.05) is 90.4 Å². The molecular formula is C58H48F3NO3S4. The number of benzene rings is 7. The molecule has 0 saturated carbocycles. The third kappa shape index (κ3) is 8.79. The first kappa shape index (κ1) is 46.6. The van der Waals surface area contributed by atoms with Crippen molar-refractivity contribution >= 4 is 114 Å². The summed E-state index contributed by atoms with van der Waals surface area (Å²) in [7, 11) is -5.97. The van der Waals surface area contributed by atoms with E-state index < -0.39 is 21.4 Å². The van der Waals surface area contributed by atoms with Gasteiger partial charge in [-0.15, -0.1) is 22.7 Å². The van der Waals surface area contributed by atoms with Crippen LogP contribution in [0.2, 0.25) is 0 Å². The van der Waals surface area contributed by atoms with Crippen LogP contribution in [0.4, 0.5) is 30.2 Å². The zero-order chi connectivity index (χ0) is 48.2. The van der Waals surface area contributed by atoms with Gasteiger partial charge in [0.05, 0.1) is 5.69 Å². The van der Waals surface area contributed by atoms with Crippen LogP contribution in [0.3, 0.4) is 0 Å². The molecule has 0 N–H and O–H groups in total. The fraction of sp³-hybridized carbons (Fsp3) is 0.172. The average molecular weight is 992 g/mol. The molecular weight excluding hydrogens is 944 g/mol. The molecule has 348 valence electrons. The largest absolute Gasteiger partial charge is 0.534 e. The number of hydrogen-bond acceptors (Lipinski definition) is 7. The van der Waals surface area contributed by atoms with Crippen molar-refractivity contribution < 1.29 is 25.8 Å². The molecule has 1 aliphatic heterocycles. The molecule has 3 heterocycles. The van der Waals surface area contributed by atoms with Crippen LogP contribution in [-0.2, 0) is 23.0 Å². The summed E-state index contributed by atoms with van der Waals surface area (Å²) in [5, 5.41) is 5.88. The normalized spacial score (nSPS) is 14.8. The van der Waals surface area contributed by atoms with Gasteiger partial charge in [0.1, 0.15) is 5.75 Å². The van der Waals surface area contributed by atoms with E-state index in [-0.39, 0.29) is 0 Å². The molecule has 0 atom stereocenters. The van der Waals surface area contributed by atoms with Crippen LogP contribution in [0, 0.1) is 0 Å². The van der Waals surface area contributed by atoms with E-state index in [1.165, 1.54) is 70.8 Å². The standard InChI is InChI=1S/C48H30F3NO3S3.C8H12S.C2H6/c49-48(50,51)58(53,54)55-35-26-39-38-20-30(31-16-19-45-41(22-31)42-21-28-8-4-5-9-29(28)24-46(42)57-45)14-15-32(38)23-40(39)43(27-35)52(33-10-2-1-3-11-33)34-17-18-37-36-12-6-7-13-44(36)56-47(37)25-34;1-4-8-5-6(2)7(3)9-8;1-2/h1-15,17-18,20-22,24-27H,16,19,23H2;4H,5H2,1-3H3;1-2H3/b;8-4+;. The van der Waals surface area contributed by atoms with Gasteiger partial charge in [-0.3, -0.25) is 0 Å². The minimum atomic E-state index is -5.97. The van der Waals surface area contributed by atoms with Gasteiger partial charge in [-0.1, -0.05) is 116 Å². The van der Waals surface area contributed by atoms with Gasteiger partial charge >= 0.3 is 15.6 Å². The third-order valence-electron chi connectivity index (χ3n) is 13.0. The monoisotopic (exact) mass is 991 g/mol. The summed E-state index contributed by atoms with van der Waals surface area (Å²) < 4.78 is 75.0. The molecule has 11 heteroatoms. The van der Waals surface area contributed by atoms with Crippen LogP contribution in [-0.4, -0.2) is 13.9 Å². The number of rotatable bonds is 6. The highest BCUT2D eigenvalue weighted by Gasteiger charge is 2.49. The summed E-state index contributed by atoms with van der Waals surface area (Å²) >= 11 is 5.42. The molecule has 3 aliphatic rings. The maximum Gasteiger partial charge on any atom is 0.534 e. The lowest BCUT2D eigenvalue weighted by molar-refractivity contribution is -0.0500. The number of nitrogens with zero attached hydrogens (tertiary/aromatic N) is 1. The van der Waals surface area contributed by atoms with Crippen molar-refractivity contribution in [2.45, 2.75) is 65.8 Å². The number of thioether (sulfide) groups is 1. The number of alkyl halides is 3. The lowest BCUT2D eigenvalue weighted by Gasteiger charge is -2.28. The Balaban J connectivity index is 0.000000450. The van der Waals surface area contributed by atoms with Gasteiger partial charge < -0.3 is 9.08 Å². The number of aryl methyl sites for hydroxylation is 1. The Hall–Kier alpha value is -6.11. The van der Waals surface area contributed by atoms with Crippen LogP contribution in [0.5, 0.6) is 5.75 Å². The number of hydrogen-bond donors (Lipinski definition) is 0. The number of para-hydroxylation sites is 1. The second-order valence-electron chi connectivity index (χ2n) is 17.1. The van der Waals surface area contributed by atoms with Crippen molar-refractivity contribution in [1.82, 2.24) is 0 Å². The molecule has 2 aromatic heterocycles. The Morgan fingerprint density at radius 2 is 1.38 bits per heavy atom. The molecule has 0 unspecified atom stereocenters. The molecule has 0 amide bonds. The summed E-state index contributed by atoms with van der Waals surface area (Å²) in [6.45, 7) is 10.5. The van der Waals surface area contributed by atoms with Gasteiger partial charge in [-0.05, 0) is 154 Å². The Kier molecular flexibility index (Phi) is 12.6. The van der Waals surface area contributed by atoms with Gasteiger partial charge in [0, 0.05) is 65.4 Å². The van der Waals surface area contributed by atoms with E-state index >= 15 is 0 Å². The van der Waals surface area contributed by atoms with E-state index in [1.54, 1.807) is 11.3 Å². The summed E-state index contributed by atoms with van der Waals surface area (Å²) in [4.78, 5) is 6.33. The molecule has 2 aliphatic carbocycles. The molecule has 0 fully saturated rings. The van der Waals surface area contributed by atoms with E-state index in [0.717, 1.165) is 66.6 Å². The van der Waals surface area contributed by atoms with Crippen molar-refractivity contribution in [3.8, 4) is 16.9 Å². The van der Waals surface area contributed by atoms with Crippen LogP contribution >= 0.6 is 34.4 Å². The smallest absolute Gasteiger partial charge is 0.376 e. The molecule has 0 radical (unpaired) electrons. The minimum Gasteiger partial charge on any atom is -0.376 e. The van der Waals surface area contributed by atoms with Crippen molar-refractivity contribution in [2.24, 2.45) is 0 Å². The first-order valence-corrected chi connectivity index (χ1v) is 26.9. The molecule has 7 aromatic carbocycles. The second-order valence-corrected chi connectivity index (χ2v) is 22.2. The number of fused-ring (bicyclic) bond motifs is 10. The lowest BCUT2D eigenvalue weighted by Crippen LogP contribution is -2.28. The van der Waals surface area contributed by atoms with Crippen LogP contribution in [0.15, 0.2) is 161 Å². The molecule has 4 nitrogen and oxygen atoms in total. The zero-order valence-corrected chi connectivity index (χ0v) is 42.0. The zero-order valence-electron chi connectivity index (χ0n) is 38.7. The minimum absolute atomic E-state index is 0.410. The van der Waals surface area contributed by atoms with E-state index in [2.05, 4.69) is 112 Å². The quantitative estimate of drug-likeness (QED) is 0.123. The van der Waals surface area contributed by atoms with Crippen molar-refractivity contribution in [3.05, 3.63) is 188 Å². The highest BCUT2D eigenvalue weighted by Crippen LogP contribution is 2.51. The number of anilines is 3. The van der Waals surface area contributed by atoms with Gasteiger partial charge in [-0.2, -0.15) is 21.6 Å². The first-order valence-electron chi connectivity index (χ1n) is 23.0. The van der Waals surface area contributed by atoms with E-state index in [4.69, 9.17) is 4.18 Å². The number of thiophene rings is 2. The fourth-order valence-electron chi connectivity index (χ4n) is 9.49. The molecule has 0 saturated heterocycles. The second kappa shape index (κ2) is 18.7. The summed E-state index contributed by atoms with van der Waals surface area (Å²) in [6, 6.07) is 46.0. The number of halogens is 3. The van der Waals surface area contributed by atoms with Gasteiger partial charge in [-0.25, -0.2) is 0 Å². The SMILES string of the molecule is C/C=C1\CC(C)=C(C)S1.CC.O=S(=O)(Oc1cc2c(c(N(c3ccccc3)c3ccc4c(c3)sc3ccccc34)c1)Cc1ccc(C3=Cc4c(sc5cc6ccccc6cc45)CC3)cc1-2)C(F)(F)F. The van der Waals surface area contributed by atoms with E-state index in [0.29, 0.717) is 17.7 Å². The van der Waals surface area contributed by atoms with Crippen molar-refractivity contribution in [2.75, 3.05) is 4.90 Å². The maximum absolute atomic E-state index is 13.8. The average Bonchev–Trinajstić information content (AvgIpc) is 4.11. The Morgan fingerprint density at radius 1 is 0.667 bits per heavy atom. The first-order chi connectivity index (χ1) is 33.3.